The second-order valence-corrected chi connectivity index (χ2v) is 3.84. The molecule has 7 nitrogen and oxygen atoms in total. The highest BCUT2D eigenvalue weighted by Gasteiger charge is 2.24. The number of amides is 1. The highest BCUT2D eigenvalue weighted by molar-refractivity contribution is 5.89. The van der Waals surface area contributed by atoms with Crippen molar-refractivity contribution < 1.29 is 24.2 Å². The van der Waals surface area contributed by atoms with E-state index in [0.717, 1.165) is 0 Å². The first kappa shape index (κ1) is 16.4. The van der Waals surface area contributed by atoms with Crippen molar-refractivity contribution in [2.75, 3.05) is 6.61 Å². The van der Waals surface area contributed by atoms with Crippen LogP contribution < -0.4 is 11.1 Å². The van der Waals surface area contributed by atoms with Gasteiger partial charge >= 0.3 is 11.9 Å². The predicted molar refractivity (Wildman–Crippen MR) is 63.7 cm³/mol. The molecule has 0 saturated carbocycles. The van der Waals surface area contributed by atoms with Gasteiger partial charge in [0.25, 0.3) is 0 Å². The van der Waals surface area contributed by atoms with Gasteiger partial charge in [0.15, 0.2) is 0 Å². The summed E-state index contributed by atoms with van der Waals surface area (Å²) in [5, 5.41) is 10.9. The molecule has 0 aromatic carbocycles. The first-order chi connectivity index (χ1) is 8.42. The third-order valence-corrected chi connectivity index (χ3v) is 2.19. The average molecular weight is 260 g/mol. The second-order valence-electron chi connectivity index (χ2n) is 3.84. The maximum atomic E-state index is 11.5. The molecule has 0 aliphatic carbocycles. The smallest absolute Gasteiger partial charge is 0.328 e. The second kappa shape index (κ2) is 8.46. The zero-order valence-corrected chi connectivity index (χ0v) is 10.6. The molecule has 104 valence electrons. The lowest BCUT2D eigenvalue weighted by molar-refractivity contribution is -0.148. The average Bonchev–Trinajstić information content (AvgIpc) is 2.31. The topological polar surface area (TPSA) is 119 Å². The van der Waals surface area contributed by atoms with E-state index < -0.39 is 36.4 Å². The quantitative estimate of drug-likeness (QED) is 0.513. The van der Waals surface area contributed by atoms with Gasteiger partial charge in [-0.1, -0.05) is 13.8 Å². The normalized spacial score (nSPS) is 13.5. The number of carboxylic acids is 1. The Labute approximate surface area is 106 Å². The van der Waals surface area contributed by atoms with E-state index in [2.05, 4.69) is 5.32 Å². The molecule has 0 aromatic rings. The summed E-state index contributed by atoms with van der Waals surface area (Å²) < 4.78 is 4.90. The van der Waals surface area contributed by atoms with E-state index in [-0.39, 0.29) is 6.61 Å². The van der Waals surface area contributed by atoms with Gasteiger partial charge < -0.3 is 20.9 Å². The molecule has 0 aliphatic rings. The first-order valence-corrected chi connectivity index (χ1v) is 5.86. The molecule has 0 aliphatic heterocycles. The van der Waals surface area contributed by atoms with Crippen molar-refractivity contribution in [1.29, 1.82) is 0 Å². The molecular formula is C11H20N2O5. The van der Waals surface area contributed by atoms with E-state index >= 15 is 0 Å². The number of carboxylic acid groups (broad SMARTS) is 1. The SMILES string of the molecule is CCCOC(=O)[C@@H](CC)NC(=O)[C@@H](N)CC(=O)O. The van der Waals surface area contributed by atoms with Gasteiger partial charge in [-0.25, -0.2) is 4.79 Å². The fourth-order valence-corrected chi connectivity index (χ4v) is 1.19. The van der Waals surface area contributed by atoms with Gasteiger partial charge in [-0.05, 0) is 12.8 Å². The van der Waals surface area contributed by atoms with Crippen LogP contribution in [0.1, 0.15) is 33.1 Å². The molecule has 7 heteroatoms. The molecule has 0 spiro atoms. The standard InChI is InChI=1S/C11H20N2O5/c1-3-5-18-11(17)8(4-2)13-10(16)7(12)6-9(14)15/h7-8H,3-6,12H2,1-2H3,(H,13,16)(H,14,15)/t7-,8+/m0/s1. The largest absolute Gasteiger partial charge is 0.481 e. The Morgan fingerprint density at radius 3 is 2.39 bits per heavy atom. The minimum atomic E-state index is -1.17. The van der Waals surface area contributed by atoms with Crippen molar-refractivity contribution in [3.63, 3.8) is 0 Å². The number of hydrogen-bond donors (Lipinski definition) is 3. The van der Waals surface area contributed by atoms with Crippen LogP contribution in [0.2, 0.25) is 0 Å². The van der Waals surface area contributed by atoms with Gasteiger partial charge in [0.2, 0.25) is 5.91 Å². The lowest BCUT2D eigenvalue weighted by Gasteiger charge is -2.17. The fourth-order valence-electron chi connectivity index (χ4n) is 1.19. The first-order valence-electron chi connectivity index (χ1n) is 5.86. The van der Waals surface area contributed by atoms with Crippen LogP contribution in [-0.4, -0.2) is 41.6 Å². The Bertz CT molecular complexity index is 306. The summed E-state index contributed by atoms with van der Waals surface area (Å²) in [5.74, 6) is -2.37. The molecule has 0 aromatic heterocycles. The molecule has 0 radical (unpaired) electrons. The van der Waals surface area contributed by atoms with Gasteiger partial charge in [-0.3, -0.25) is 9.59 Å². The van der Waals surface area contributed by atoms with Crippen LogP contribution in [0, 0.1) is 0 Å². The van der Waals surface area contributed by atoms with Gasteiger partial charge in [-0.15, -0.1) is 0 Å². The minimum Gasteiger partial charge on any atom is -0.481 e. The summed E-state index contributed by atoms with van der Waals surface area (Å²) in [6, 6.07) is -1.96. The lowest BCUT2D eigenvalue weighted by atomic mass is 10.1. The molecule has 1 amide bonds. The van der Waals surface area contributed by atoms with Crippen LogP contribution >= 0.6 is 0 Å². The van der Waals surface area contributed by atoms with Crippen LogP contribution in [0.4, 0.5) is 0 Å². The van der Waals surface area contributed by atoms with Crippen molar-refractivity contribution in [2.45, 2.75) is 45.2 Å². The van der Waals surface area contributed by atoms with E-state index in [1.807, 2.05) is 6.92 Å². The summed E-state index contributed by atoms with van der Waals surface area (Å²) in [4.78, 5) is 33.4. The zero-order chi connectivity index (χ0) is 14.1. The maximum Gasteiger partial charge on any atom is 0.328 e. The molecular weight excluding hydrogens is 240 g/mol. The third-order valence-electron chi connectivity index (χ3n) is 2.19. The Morgan fingerprint density at radius 1 is 1.33 bits per heavy atom. The van der Waals surface area contributed by atoms with Crippen molar-refractivity contribution in [3.8, 4) is 0 Å². The number of carbonyl (C=O) groups is 3. The van der Waals surface area contributed by atoms with E-state index in [1.54, 1.807) is 6.92 Å². The van der Waals surface area contributed by atoms with Crippen LogP contribution in [0.5, 0.6) is 0 Å². The number of ether oxygens (including phenoxy) is 1. The van der Waals surface area contributed by atoms with E-state index in [1.165, 1.54) is 0 Å². The number of aliphatic carboxylic acids is 1. The monoisotopic (exact) mass is 260 g/mol. The number of carbonyl (C=O) groups excluding carboxylic acids is 2. The Hall–Kier alpha value is -1.63. The molecule has 0 rings (SSSR count). The Morgan fingerprint density at radius 2 is 1.94 bits per heavy atom. The number of esters is 1. The Balaban J connectivity index is 4.30. The van der Waals surface area contributed by atoms with Crippen LogP contribution in [0.3, 0.4) is 0 Å². The van der Waals surface area contributed by atoms with Crippen LogP contribution in [-0.2, 0) is 19.1 Å². The molecule has 0 unspecified atom stereocenters. The molecule has 0 heterocycles. The molecule has 2 atom stereocenters. The molecule has 18 heavy (non-hydrogen) atoms. The van der Waals surface area contributed by atoms with Crippen LogP contribution in [0.25, 0.3) is 0 Å². The molecule has 0 fully saturated rings. The number of rotatable bonds is 8. The number of nitrogens with one attached hydrogen (secondary N) is 1. The maximum absolute atomic E-state index is 11.5. The summed E-state index contributed by atoms with van der Waals surface area (Å²) in [6.45, 7) is 3.85. The Kier molecular flexibility index (Phi) is 7.69. The summed E-state index contributed by atoms with van der Waals surface area (Å²) >= 11 is 0. The van der Waals surface area contributed by atoms with Crippen molar-refractivity contribution in [1.82, 2.24) is 5.32 Å². The van der Waals surface area contributed by atoms with Crippen molar-refractivity contribution in [2.24, 2.45) is 5.73 Å². The predicted octanol–water partition coefficient (Wildman–Crippen LogP) is -0.364. The van der Waals surface area contributed by atoms with Gasteiger partial charge in [0.05, 0.1) is 19.1 Å². The zero-order valence-electron chi connectivity index (χ0n) is 10.6. The van der Waals surface area contributed by atoms with E-state index in [4.69, 9.17) is 15.6 Å². The fraction of sp³-hybridized carbons (Fsp3) is 0.727. The molecule has 4 N–H and O–H groups in total. The summed E-state index contributed by atoms with van der Waals surface area (Å²) in [6.07, 6.45) is 0.564. The molecule has 0 saturated heterocycles. The molecule has 0 bridgehead atoms. The van der Waals surface area contributed by atoms with Crippen LogP contribution in [0.15, 0.2) is 0 Å². The van der Waals surface area contributed by atoms with Crippen molar-refractivity contribution in [3.05, 3.63) is 0 Å². The van der Waals surface area contributed by atoms with Gasteiger partial charge in [0.1, 0.15) is 6.04 Å². The summed E-state index contributed by atoms with van der Waals surface area (Å²) in [7, 11) is 0. The minimum absolute atomic E-state index is 0.284. The number of hydrogen-bond acceptors (Lipinski definition) is 5. The van der Waals surface area contributed by atoms with E-state index in [9.17, 15) is 14.4 Å². The third kappa shape index (κ3) is 6.19. The van der Waals surface area contributed by atoms with Crippen molar-refractivity contribution >= 4 is 17.8 Å². The van der Waals surface area contributed by atoms with Gasteiger partial charge in [0, 0.05) is 0 Å². The lowest BCUT2D eigenvalue weighted by Crippen LogP contribution is -2.49. The summed E-state index contributed by atoms with van der Waals surface area (Å²) in [5.41, 5.74) is 5.38. The highest BCUT2D eigenvalue weighted by atomic mass is 16.5. The van der Waals surface area contributed by atoms with E-state index in [0.29, 0.717) is 12.8 Å². The number of nitrogens with two attached hydrogens (primary N) is 1. The highest BCUT2D eigenvalue weighted by Crippen LogP contribution is 1.98. The van der Waals surface area contributed by atoms with Gasteiger partial charge in [-0.2, -0.15) is 0 Å².